The summed E-state index contributed by atoms with van der Waals surface area (Å²) in [5.74, 6) is -2.29. The number of aliphatic carboxylic acids is 1. The number of carboxylic acids is 1. The minimum absolute atomic E-state index is 0.0493. The van der Waals surface area contributed by atoms with Gasteiger partial charge < -0.3 is 10.2 Å². The van der Waals surface area contributed by atoms with E-state index in [-0.39, 0.29) is 12.8 Å². The normalized spacial score (nSPS) is 13.6. The number of rotatable bonds is 6. The minimum atomic E-state index is -1.03. The van der Waals surface area contributed by atoms with Crippen LogP contribution in [0.2, 0.25) is 0 Å². The summed E-state index contributed by atoms with van der Waals surface area (Å²) in [4.78, 5) is 11.3. The first kappa shape index (κ1) is 15.2. The minimum Gasteiger partial charge on any atom is -0.481 e. The predicted molar refractivity (Wildman–Crippen MR) is 77.2 cm³/mol. The Bertz CT molecular complexity index is 598. The molecule has 0 aliphatic carbocycles. The van der Waals surface area contributed by atoms with Crippen LogP contribution in [-0.4, -0.2) is 16.2 Å². The largest absolute Gasteiger partial charge is 0.481 e. The van der Waals surface area contributed by atoms with Gasteiger partial charge in [-0.1, -0.05) is 48.5 Å². The molecule has 2 aromatic carbocycles. The molecule has 0 spiro atoms. The first-order chi connectivity index (χ1) is 10.1. The molecular weight excluding hydrogens is 271 g/mol. The number of carboxylic acid groups (broad SMARTS) is 1. The molecule has 0 fully saturated rings. The lowest BCUT2D eigenvalue weighted by atomic mass is 9.91. The van der Waals surface area contributed by atoms with Crippen LogP contribution < -0.4 is 0 Å². The Hall–Kier alpha value is -2.20. The van der Waals surface area contributed by atoms with Crippen molar-refractivity contribution >= 4 is 5.97 Å². The van der Waals surface area contributed by atoms with Crippen molar-refractivity contribution in [3.8, 4) is 0 Å². The van der Waals surface area contributed by atoms with Crippen LogP contribution in [0.5, 0.6) is 0 Å². The van der Waals surface area contributed by atoms with Gasteiger partial charge in [0.25, 0.3) is 0 Å². The number of aliphatic hydroxyl groups is 1. The van der Waals surface area contributed by atoms with E-state index in [0.29, 0.717) is 11.1 Å². The quantitative estimate of drug-likeness (QED) is 0.858. The zero-order valence-corrected chi connectivity index (χ0v) is 11.4. The molecule has 0 heterocycles. The Balaban J connectivity index is 2.10. The molecule has 2 rings (SSSR count). The van der Waals surface area contributed by atoms with E-state index in [1.165, 1.54) is 6.07 Å². The zero-order chi connectivity index (χ0) is 15.2. The standard InChI is InChI=1S/C17H17FO3/c18-15-9-5-4-8-13(15)10-14(17(20)21)11-16(19)12-6-2-1-3-7-12/h1-9,14,16,19H,10-11H2,(H,20,21). The molecule has 0 aliphatic rings. The molecule has 2 atom stereocenters. The van der Waals surface area contributed by atoms with Gasteiger partial charge in [-0.2, -0.15) is 0 Å². The summed E-state index contributed by atoms with van der Waals surface area (Å²) in [7, 11) is 0. The zero-order valence-electron chi connectivity index (χ0n) is 11.4. The van der Waals surface area contributed by atoms with Crippen molar-refractivity contribution in [1.29, 1.82) is 0 Å². The van der Waals surface area contributed by atoms with Crippen LogP contribution >= 0.6 is 0 Å². The van der Waals surface area contributed by atoms with E-state index in [9.17, 15) is 19.4 Å². The number of halogens is 1. The van der Waals surface area contributed by atoms with Crippen molar-refractivity contribution in [3.05, 3.63) is 71.5 Å². The van der Waals surface area contributed by atoms with E-state index in [2.05, 4.69) is 0 Å². The molecule has 0 bridgehead atoms. The van der Waals surface area contributed by atoms with Gasteiger partial charge in [-0.15, -0.1) is 0 Å². The smallest absolute Gasteiger partial charge is 0.306 e. The summed E-state index contributed by atoms with van der Waals surface area (Å²) >= 11 is 0. The SMILES string of the molecule is O=C(O)C(Cc1ccccc1F)CC(O)c1ccccc1. The Labute approximate surface area is 122 Å². The lowest BCUT2D eigenvalue weighted by Gasteiger charge is -2.17. The van der Waals surface area contributed by atoms with Crippen molar-refractivity contribution in [2.24, 2.45) is 5.92 Å². The molecular formula is C17H17FO3. The molecule has 2 aromatic rings. The van der Waals surface area contributed by atoms with Crippen LogP contribution in [0.1, 0.15) is 23.7 Å². The summed E-state index contributed by atoms with van der Waals surface area (Å²) in [5.41, 5.74) is 1.02. The third kappa shape index (κ3) is 4.13. The number of hydrogen-bond donors (Lipinski definition) is 2. The molecule has 2 unspecified atom stereocenters. The molecule has 0 aliphatic heterocycles. The summed E-state index contributed by atoms with van der Waals surface area (Å²) in [6.07, 6.45) is -0.765. The maximum absolute atomic E-state index is 13.6. The van der Waals surface area contributed by atoms with Crippen LogP contribution in [0.4, 0.5) is 4.39 Å². The second-order valence-corrected chi connectivity index (χ2v) is 4.99. The molecule has 110 valence electrons. The molecule has 0 amide bonds. The van der Waals surface area contributed by atoms with E-state index >= 15 is 0 Å². The number of aliphatic hydroxyl groups excluding tert-OH is 1. The van der Waals surface area contributed by atoms with Crippen LogP contribution in [0.25, 0.3) is 0 Å². The van der Waals surface area contributed by atoms with Crippen molar-refractivity contribution < 1.29 is 19.4 Å². The van der Waals surface area contributed by atoms with Gasteiger partial charge in [-0.25, -0.2) is 4.39 Å². The Morgan fingerprint density at radius 3 is 2.29 bits per heavy atom. The highest BCUT2D eigenvalue weighted by Gasteiger charge is 2.23. The summed E-state index contributed by atoms with van der Waals surface area (Å²) in [6, 6.07) is 15.0. The molecule has 0 saturated heterocycles. The van der Waals surface area contributed by atoms with E-state index in [1.54, 1.807) is 42.5 Å². The second kappa shape index (κ2) is 6.99. The fourth-order valence-corrected chi connectivity index (χ4v) is 2.28. The third-order valence-corrected chi connectivity index (χ3v) is 3.47. The first-order valence-electron chi connectivity index (χ1n) is 6.77. The average Bonchev–Trinajstić information content (AvgIpc) is 2.49. The Kier molecular flexibility index (Phi) is 5.06. The maximum Gasteiger partial charge on any atom is 0.306 e. The number of carbonyl (C=O) groups is 1. The van der Waals surface area contributed by atoms with E-state index in [4.69, 9.17) is 0 Å². The lowest BCUT2D eigenvalue weighted by molar-refractivity contribution is -0.142. The topological polar surface area (TPSA) is 57.5 Å². The van der Waals surface area contributed by atoms with E-state index in [0.717, 1.165) is 0 Å². The maximum atomic E-state index is 13.6. The van der Waals surface area contributed by atoms with Gasteiger partial charge in [0.05, 0.1) is 12.0 Å². The molecule has 21 heavy (non-hydrogen) atoms. The van der Waals surface area contributed by atoms with Crippen molar-refractivity contribution in [1.82, 2.24) is 0 Å². The third-order valence-electron chi connectivity index (χ3n) is 3.47. The summed E-state index contributed by atoms with van der Waals surface area (Å²) < 4.78 is 13.6. The second-order valence-electron chi connectivity index (χ2n) is 4.99. The first-order valence-corrected chi connectivity index (χ1v) is 6.77. The average molecular weight is 288 g/mol. The van der Waals surface area contributed by atoms with Crippen molar-refractivity contribution in [2.45, 2.75) is 18.9 Å². The van der Waals surface area contributed by atoms with Gasteiger partial charge in [0.15, 0.2) is 0 Å². The van der Waals surface area contributed by atoms with Crippen molar-refractivity contribution in [2.75, 3.05) is 0 Å². The van der Waals surface area contributed by atoms with Gasteiger partial charge in [0, 0.05) is 0 Å². The van der Waals surface area contributed by atoms with Gasteiger partial charge in [0.2, 0.25) is 0 Å². The number of benzene rings is 2. The molecule has 0 saturated carbocycles. The van der Waals surface area contributed by atoms with E-state index in [1.807, 2.05) is 6.07 Å². The predicted octanol–water partition coefficient (Wildman–Crippen LogP) is 3.19. The fourth-order valence-electron chi connectivity index (χ4n) is 2.28. The molecule has 4 heteroatoms. The highest BCUT2D eigenvalue weighted by Crippen LogP contribution is 2.24. The lowest BCUT2D eigenvalue weighted by Crippen LogP contribution is -2.20. The Morgan fingerprint density at radius 1 is 1.05 bits per heavy atom. The molecule has 3 nitrogen and oxygen atoms in total. The molecule has 2 N–H and O–H groups in total. The summed E-state index contributed by atoms with van der Waals surface area (Å²) in [5, 5.41) is 19.4. The number of hydrogen-bond acceptors (Lipinski definition) is 2. The van der Waals surface area contributed by atoms with E-state index < -0.39 is 23.8 Å². The van der Waals surface area contributed by atoms with Crippen LogP contribution in [0.3, 0.4) is 0 Å². The van der Waals surface area contributed by atoms with Crippen LogP contribution in [0.15, 0.2) is 54.6 Å². The van der Waals surface area contributed by atoms with Gasteiger partial charge in [0.1, 0.15) is 5.82 Å². The highest BCUT2D eigenvalue weighted by atomic mass is 19.1. The fraction of sp³-hybridized carbons (Fsp3) is 0.235. The van der Waals surface area contributed by atoms with Gasteiger partial charge in [-0.05, 0) is 30.0 Å². The van der Waals surface area contributed by atoms with Crippen molar-refractivity contribution in [3.63, 3.8) is 0 Å². The highest BCUT2D eigenvalue weighted by molar-refractivity contribution is 5.70. The molecule has 0 radical (unpaired) electrons. The van der Waals surface area contributed by atoms with Crippen LogP contribution in [0, 0.1) is 11.7 Å². The van der Waals surface area contributed by atoms with Crippen LogP contribution in [-0.2, 0) is 11.2 Å². The summed E-state index contributed by atoms with van der Waals surface area (Å²) in [6.45, 7) is 0. The van der Waals surface area contributed by atoms with Gasteiger partial charge >= 0.3 is 5.97 Å². The Morgan fingerprint density at radius 2 is 1.67 bits per heavy atom. The van der Waals surface area contributed by atoms with Gasteiger partial charge in [-0.3, -0.25) is 4.79 Å². The monoisotopic (exact) mass is 288 g/mol. The molecule has 0 aromatic heterocycles.